The van der Waals surface area contributed by atoms with Gasteiger partial charge in [-0.2, -0.15) is 0 Å². The number of carbonyl (C=O) groups is 1. The Hall–Kier alpha value is -1.31. The van der Waals surface area contributed by atoms with Crippen LogP contribution in [-0.4, -0.2) is 13.1 Å². The van der Waals surface area contributed by atoms with E-state index in [1.165, 1.54) is 19.3 Å². The lowest BCUT2D eigenvalue weighted by molar-refractivity contribution is -0.160. The zero-order valence-electron chi connectivity index (χ0n) is 22.4. The first kappa shape index (κ1) is 23.4. The quantitative estimate of drug-likeness (QED) is 0.300. The van der Waals surface area contributed by atoms with E-state index < -0.39 is 5.41 Å². The number of carbonyl (C=O) groups excluding carboxylic acids is 1. The van der Waals surface area contributed by atoms with Crippen molar-refractivity contribution < 1.29 is 9.53 Å². The molecule has 0 aromatic heterocycles. The Labute approximate surface area is 202 Å². The molecule has 7 atom stereocenters. The molecule has 2 heteroatoms. The molecule has 0 amide bonds. The molecule has 182 valence electrons. The lowest BCUT2D eigenvalue weighted by atomic mass is 9.35. The van der Waals surface area contributed by atoms with Crippen molar-refractivity contribution in [1.82, 2.24) is 0 Å². The molecule has 0 saturated heterocycles. The Morgan fingerprint density at radius 3 is 2.36 bits per heavy atom. The first-order valence-electron chi connectivity index (χ1n) is 13.4. The molecule has 0 heterocycles. The summed E-state index contributed by atoms with van der Waals surface area (Å²) in [4.78, 5) is 13.3. The number of rotatable bonds is 1. The third kappa shape index (κ3) is 2.88. The Morgan fingerprint density at radius 1 is 0.939 bits per heavy atom. The summed E-state index contributed by atoms with van der Waals surface area (Å²) in [6.45, 7) is 17.4. The van der Waals surface area contributed by atoms with Gasteiger partial charge in [0, 0.05) is 11.3 Å². The second-order valence-electron chi connectivity index (χ2n) is 14.4. The molecule has 0 unspecified atom stereocenters. The molecule has 0 aromatic carbocycles. The zero-order chi connectivity index (χ0) is 24.1. The van der Waals surface area contributed by atoms with Crippen LogP contribution in [0.15, 0.2) is 36.0 Å². The van der Waals surface area contributed by atoms with Crippen LogP contribution in [0.2, 0.25) is 0 Å². The molecule has 0 aromatic rings. The minimum Gasteiger partial charge on any atom is -0.468 e. The number of methoxy groups -OCH3 is 1. The van der Waals surface area contributed by atoms with E-state index in [-0.39, 0.29) is 33.5 Å². The van der Waals surface area contributed by atoms with Crippen molar-refractivity contribution in [3.63, 3.8) is 0 Å². The first-order valence-corrected chi connectivity index (χ1v) is 13.4. The van der Waals surface area contributed by atoms with E-state index >= 15 is 0 Å². The van der Waals surface area contributed by atoms with Gasteiger partial charge in [-0.05, 0) is 78.4 Å². The number of esters is 1. The van der Waals surface area contributed by atoms with E-state index in [0.29, 0.717) is 11.3 Å². The Bertz CT molecular complexity index is 950. The van der Waals surface area contributed by atoms with Gasteiger partial charge in [-0.3, -0.25) is 4.79 Å². The van der Waals surface area contributed by atoms with Crippen LogP contribution in [0.5, 0.6) is 0 Å². The fourth-order valence-electron chi connectivity index (χ4n) is 9.85. The molecule has 2 saturated carbocycles. The van der Waals surface area contributed by atoms with Gasteiger partial charge in [0.25, 0.3) is 0 Å². The van der Waals surface area contributed by atoms with Crippen LogP contribution in [0.25, 0.3) is 0 Å². The smallest absolute Gasteiger partial charge is 0.316 e. The zero-order valence-corrected chi connectivity index (χ0v) is 22.4. The summed E-state index contributed by atoms with van der Waals surface area (Å²) in [6, 6.07) is 0. The van der Waals surface area contributed by atoms with Crippen molar-refractivity contribution in [2.45, 2.75) is 93.4 Å². The Morgan fingerprint density at radius 2 is 1.67 bits per heavy atom. The van der Waals surface area contributed by atoms with Gasteiger partial charge in [0.2, 0.25) is 0 Å². The highest BCUT2D eigenvalue weighted by Crippen LogP contribution is 2.73. The second-order valence-corrected chi connectivity index (χ2v) is 14.4. The van der Waals surface area contributed by atoms with E-state index in [1.807, 2.05) is 0 Å². The molecule has 2 fully saturated rings. The van der Waals surface area contributed by atoms with Crippen LogP contribution in [0, 0.1) is 50.2 Å². The summed E-state index contributed by atoms with van der Waals surface area (Å²) >= 11 is 0. The Kier molecular flexibility index (Phi) is 4.89. The lowest BCUT2D eigenvalue weighted by Gasteiger charge is -2.68. The highest BCUT2D eigenvalue weighted by atomic mass is 16.5. The topological polar surface area (TPSA) is 26.3 Å². The van der Waals surface area contributed by atoms with E-state index in [4.69, 9.17) is 4.74 Å². The maximum Gasteiger partial charge on any atom is 0.316 e. The van der Waals surface area contributed by atoms with Crippen molar-refractivity contribution in [2.75, 3.05) is 7.11 Å². The molecular weight excluding hydrogens is 404 g/mol. The molecule has 5 rings (SSSR count). The van der Waals surface area contributed by atoms with Crippen LogP contribution < -0.4 is 0 Å². The van der Waals surface area contributed by atoms with Crippen LogP contribution in [0.4, 0.5) is 0 Å². The highest BCUT2D eigenvalue weighted by molar-refractivity contribution is 5.81. The summed E-state index contributed by atoms with van der Waals surface area (Å²) < 4.78 is 5.45. The largest absolute Gasteiger partial charge is 0.468 e. The summed E-state index contributed by atoms with van der Waals surface area (Å²) in [6.07, 6.45) is 20.4. The lowest BCUT2D eigenvalue weighted by Crippen LogP contribution is -2.62. The fourth-order valence-corrected chi connectivity index (χ4v) is 9.85. The summed E-state index contributed by atoms with van der Waals surface area (Å²) in [5, 5.41) is 0. The average Bonchev–Trinajstić information content (AvgIpc) is 2.72. The summed E-state index contributed by atoms with van der Waals surface area (Å²) in [5.41, 5.74) is 2.15. The molecule has 0 spiro atoms. The van der Waals surface area contributed by atoms with E-state index in [0.717, 1.165) is 31.6 Å². The molecule has 0 N–H and O–H groups in total. The van der Waals surface area contributed by atoms with Gasteiger partial charge >= 0.3 is 5.97 Å². The standard InChI is InChI=1S/C31H46O2/c1-26(2)16-18-31(25(32)33-8)19-17-29(6)21(22(31)20-26)10-11-24-28(5)14-9-13-27(3,4)23(28)12-15-30(24,29)7/h9-10,13,17,19,22-24H,11-12,14-16,18,20H2,1-8H3/t22-,23-,24+,28-,29+,30+,31-/m0/s1. The van der Waals surface area contributed by atoms with Crippen molar-refractivity contribution in [3.05, 3.63) is 36.0 Å². The fraction of sp³-hybridized carbons (Fsp3) is 0.774. The van der Waals surface area contributed by atoms with Crippen LogP contribution in [0.1, 0.15) is 93.4 Å². The minimum absolute atomic E-state index is 0.00477. The summed E-state index contributed by atoms with van der Waals surface area (Å²) in [7, 11) is 1.57. The monoisotopic (exact) mass is 450 g/mol. The summed E-state index contributed by atoms with van der Waals surface area (Å²) in [5.74, 6) is 1.63. The van der Waals surface area contributed by atoms with Gasteiger partial charge in [-0.1, -0.05) is 84.4 Å². The molecular formula is C31H46O2. The predicted octanol–water partition coefficient (Wildman–Crippen LogP) is 7.90. The third-order valence-electron chi connectivity index (χ3n) is 11.9. The minimum atomic E-state index is -0.477. The predicted molar refractivity (Wildman–Crippen MR) is 135 cm³/mol. The normalized spacial score (nSPS) is 49.1. The van der Waals surface area contributed by atoms with Crippen LogP contribution in [0.3, 0.4) is 0 Å². The maximum absolute atomic E-state index is 13.3. The third-order valence-corrected chi connectivity index (χ3v) is 11.9. The number of ether oxygens (including phenoxy) is 1. The first-order chi connectivity index (χ1) is 15.3. The maximum atomic E-state index is 13.3. The second kappa shape index (κ2) is 6.88. The Balaban J connectivity index is 1.64. The van der Waals surface area contributed by atoms with Crippen molar-refractivity contribution in [1.29, 1.82) is 0 Å². The van der Waals surface area contributed by atoms with E-state index in [9.17, 15) is 4.79 Å². The van der Waals surface area contributed by atoms with E-state index in [1.54, 1.807) is 12.7 Å². The molecule has 33 heavy (non-hydrogen) atoms. The molecule has 0 bridgehead atoms. The van der Waals surface area contributed by atoms with Gasteiger partial charge in [0.1, 0.15) is 0 Å². The molecule has 2 nitrogen and oxygen atoms in total. The van der Waals surface area contributed by atoms with Crippen LogP contribution in [-0.2, 0) is 9.53 Å². The number of allylic oxidation sites excluding steroid dienone is 5. The molecule has 0 aliphatic heterocycles. The van der Waals surface area contributed by atoms with Crippen LogP contribution >= 0.6 is 0 Å². The van der Waals surface area contributed by atoms with Crippen molar-refractivity contribution in [2.24, 2.45) is 50.2 Å². The van der Waals surface area contributed by atoms with Gasteiger partial charge in [0.15, 0.2) is 0 Å². The SMILES string of the molecule is COC(=O)[C@@]12C=C[C@]3(C)C(=CC[C@@H]4[C@@]5(C)CC=CC(C)(C)[C@@H]5CC[C@]43C)[C@@H]1CC(C)(C)CC2. The van der Waals surface area contributed by atoms with E-state index in [2.05, 4.69) is 78.8 Å². The van der Waals surface area contributed by atoms with Gasteiger partial charge in [-0.25, -0.2) is 0 Å². The number of hydrogen-bond donors (Lipinski definition) is 0. The molecule has 5 aliphatic rings. The average molecular weight is 451 g/mol. The van der Waals surface area contributed by atoms with Gasteiger partial charge < -0.3 is 4.74 Å². The number of fused-ring (bicyclic) bond motifs is 7. The number of hydrogen-bond acceptors (Lipinski definition) is 2. The highest BCUT2D eigenvalue weighted by Gasteiger charge is 2.67. The van der Waals surface area contributed by atoms with Crippen molar-refractivity contribution >= 4 is 5.97 Å². The van der Waals surface area contributed by atoms with Gasteiger partial charge in [-0.15, -0.1) is 0 Å². The molecule has 5 aliphatic carbocycles. The van der Waals surface area contributed by atoms with Crippen molar-refractivity contribution in [3.8, 4) is 0 Å². The van der Waals surface area contributed by atoms with Gasteiger partial charge in [0.05, 0.1) is 12.5 Å². The molecule has 0 radical (unpaired) electrons.